The molecule has 0 aliphatic carbocycles. The van der Waals surface area contributed by atoms with Crippen molar-refractivity contribution in [2.45, 2.75) is 33.2 Å². The Morgan fingerprint density at radius 2 is 1.62 bits per heavy atom. The van der Waals surface area contributed by atoms with E-state index in [1.165, 1.54) is 38.6 Å². The molecule has 1 aliphatic heterocycles. The van der Waals surface area contributed by atoms with Crippen LogP contribution >= 0.6 is 0 Å². The lowest BCUT2D eigenvalue weighted by Crippen LogP contribution is -2.33. The van der Waals surface area contributed by atoms with Crippen LogP contribution in [0.25, 0.3) is 21.9 Å². The number of aryl methyl sites for hydroxylation is 2. The Morgan fingerprint density at radius 1 is 0.923 bits per heavy atom. The van der Waals surface area contributed by atoms with Gasteiger partial charge in [0.15, 0.2) is 12.1 Å². The summed E-state index contributed by atoms with van der Waals surface area (Å²) in [7, 11) is 2.13. The lowest BCUT2D eigenvalue weighted by atomic mass is 9.91. The molecule has 4 rings (SSSR count). The number of ether oxygens (including phenoxy) is 1. The monoisotopic (exact) mass is 344 g/mol. The minimum atomic E-state index is 0.000763. The van der Waals surface area contributed by atoms with Crippen molar-refractivity contribution in [3.05, 3.63) is 71.3 Å². The van der Waals surface area contributed by atoms with Crippen LogP contribution in [0.15, 0.2) is 54.6 Å². The van der Waals surface area contributed by atoms with Crippen LogP contribution in [0, 0.1) is 13.8 Å². The summed E-state index contributed by atoms with van der Waals surface area (Å²) in [5.41, 5.74) is 6.25. The van der Waals surface area contributed by atoms with Gasteiger partial charge in [0.05, 0.1) is 5.56 Å². The molecule has 2 nitrogen and oxygen atoms in total. The predicted octanol–water partition coefficient (Wildman–Crippen LogP) is 5.32. The first-order chi connectivity index (χ1) is 12.4. The van der Waals surface area contributed by atoms with E-state index < -0.39 is 0 Å². The molecule has 0 N–H and O–H groups in total. The standard InChI is InChI=1S/C24H26NO/c1-16-12-17(2)14-19(13-16)22-20-9-7-6-8-18(20)10-11-21(22)23-25(5)24(3,4)15-26-23/h6-14H,15H2,1-5H3/q+1. The second kappa shape index (κ2) is 5.98. The zero-order chi connectivity index (χ0) is 18.5. The lowest BCUT2D eigenvalue weighted by Gasteiger charge is -2.14. The van der Waals surface area contributed by atoms with Gasteiger partial charge < -0.3 is 4.74 Å². The summed E-state index contributed by atoms with van der Waals surface area (Å²) in [6, 6.07) is 19.8. The van der Waals surface area contributed by atoms with Gasteiger partial charge in [-0.1, -0.05) is 59.7 Å². The summed E-state index contributed by atoms with van der Waals surface area (Å²) < 4.78 is 8.45. The molecule has 26 heavy (non-hydrogen) atoms. The third-order valence-corrected chi connectivity index (χ3v) is 5.44. The Bertz CT molecular complexity index is 1020. The highest BCUT2D eigenvalue weighted by atomic mass is 16.5. The first kappa shape index (κ1) is 16.8. The number of nitrogens with zero attached hydrogens (tertiary/aromatic N) is 1. The summed E-state index contributed by atoms with van der Waals surface area (Å²) in [5, 5.41) is 2.52. The summed E-state index contributed by atoms with van der Waals surface area (Å²) in [4.78, 5) is 0. The number of benzene rings is 3. The molecule has 0 unspecified atom stereocenters. The number of fused-ring (bicyclic) bond motifs is 1. The van der Waals surface area contributed by atoms with Crippen molar-refractivity contribution < 1.29 is 9.31 Å². The van der Waals surface area contributed by atoms with Gasteiger partial charge in [0.1, 0.15) is 7.05 Å². The van der Waals surface area contributed by atoms with E-state index in [0.717, 1.165) is 5.90 Å². The molecule has 0 radical (unpaired) electrons. The fourth-order valence-electron chi connectivity index (χ4n) is 3.85. The smallest absolute Gasteiger partial charge is 0.371 e. The van der Waals surface area contributed by atoms with Crippen molar-refractivity contribution in [2.24, 2.45) is 0 Å². The van der Waals surface area contributed by atoms with Crippen LogP contribution in [0.3, 0.4) is 0 Å². The van der Waals surface area contributed by atoms with Crippen molar-refractivity contribution in [1.29, 1.82) is 0 Å². The Kier molecular flexibility index (Phi) is 3.87. The topological polar surface area (TPSA) is 12.2 Å². The summed E-state index contributed by atoms with van der Waals surface area (Å²) in [5.74, 6) is 0.968. The molecule has 0 aromatic heterocycles. The van der Waals surface area contributed by atoms with Gasteiger partial charge in [-0.15, -0.1) is 0 Å². The molecule has 0 fully saturated rings. The van der Waals surface area contributed by atoms with E-state index >= 15 is 0 Å². The summed E-state index contributed by atoms with van der Waals surface area (Å²) >= 11 is 0. The minimum absolute atomic E-state index is 0.000763. The van der Waals surface area contributed by atoms with Gasteiger partial charge in [-0.25, -0.2) is 0 Å². The average molecular weight is 344 g/mol. The second-order valence-electron chi connectivity index (χ2n) is 8.05. The highest BCUT2D eigenvalue weighted by Gasteiger charge is 2.41. The van der Waals surface area contributed by atoms with Gasteiger partial charge in [-0.05, 0) is 36.2 Å². The van der Waals surface area contributed by atoms with Gasteiger partial charge in [0, 0.05) is 19.4 Å². The van der Waals surface area contributed by atoms with Crippen LogP contribution in [0.1, 0.15) is 30.5 Å². The highest BCUT2D eigenvalue weighted by Crippen LogP contribution is 2.35. The van der Waals surface area contributed by atoms with Crippen molar-refractivity contribution in [3.63, 3.8) is 0 Å². The maximum absolute atomic E-state index is 6.18. The fourth-order valence-corrected chi connectivity index (χ4v) is 3.85. The van der Waals surface area contributed by atoms with Crippen LogP contribution in [-0.2, 0) is 4.74 Å². The molecule has 3 aromatic rings. The maximum atomic E-state index is 6.18. The molecule has 2 heteroatoms. The second-order valence-corrected chi connectivity index (χ2v) is 8.05. The first-order valence-corrected chi connectivity index (χ1v) is 9.21. The number of likely N-dealkylation sites (N-methyl/N-ethyl adjacent to an activating group) is 1. The first-order valence-electron chi connectivity index (χ1n) is 9.21. The van der Waals surface area contributed by atoms with E-state index in [-0.39, 0.29) is 5.54 Å². The molecule has 0 saturated heterocycles. The Hall–Kier alpha value is -2.61. The van der Waals surface area contributed by atoms with Crippen LogP contribution in [0.5, 0.6) is 0 Å². The molecular weight excluding hydrogens is 318 g/mol. The van der Waals surface area contributed by atoms with E-state index in [9.17, 15) is 0 Å². The third kappa shape index (κ3) is 2.70. The molecule has 0 spiro atoms. The third-order valence-electron chi connectivity index (χ3n) is 5.44. The quantitative estimate of drug-likeness (QED) is 0.573. The molecule has 0 atom stereocenters. The molecule has 132 valence electrons. The highest BCUT2D eigenvalue weighted by molar-refractivity contribution is 6.08. The van der Waals surface area contributed by atoms with Crippen LogP contribution in [0.4, 0.5) is 0 Å². The maximum Gasteiger partial charge on any atom is 0.371 e. The van der Waals surface area contributed by atoms with Gasteiger partial charge >= 0.3 is 5.90 Å². The Morgan fingerprint density at radius 3 is 2.27 bits per heavy atom. The average Bonchev–Trinajstić information content (AvgIpc) is 2.86. The van der Waals surface area contributed by atoms with Crippen LogP contribution < -0.4 is 0 Å². The normalized spacial score (nSPS) is 16.2. The molecule has 3 aromatic carbocycles. The SMILES string of the molecule is Cc1cc(C)cc(-c2c(C3=[N+](C)C(C)(C)CO3)ccc3ccccc23)c1. The van der Waals surface area contributed by atoms with Crippen molar-refractivity contribution in [2.75, 3.05) is 13.7 Å². The molecule has 0 amide bonds. The van der Waals surface area contributed by atoms with Crippen molar-refractivity contribution >= 4 is 16.7 Å². The largest absolute Gasteiger partial charge is 0.437 e. The van der Waals surface area contributed by atoms with E-state index in [0.29, 0.717) is 6.61 Å². The van der Waals surface area contributed by atoms with Gasteiger partial charge in [-0.2, -0.15) is 4.58 Å². The van der Waals surface area contributed by atoms with E-state index in [1.54, 1.807) is 0 Å². The van der Waals surface area contributed by atoms with Gasteiger partial charge in [0.2, 0.25) is 0 Å². The zero-order valence-electron chi connectivity index (χ0n) is 16.3. The van der Waals surface area contributed by atoms with Crippen molar-refractivity contribution in [3.8, 4) is 11.1 Å². The number of rotatable bonds is 2. The molecule has 1 aliphatic rings. The Labute approximate surface area is 155 Å². The van der Waals surface area contributed by atoms with Crippen LogP contribution in [-0.4, -0.2) is 29.7 Å². The predicted molar refractivity (Wildman–Crippen MR) is 109 cm³/mol. The van der Waals surface area contributed by atoms with E-state index in [4.69, 9.17) is 4.74 Å². The van der Waals surface area contributed by atoms with Crippen molar-refractivity contribution in [1.82, 2.24) is 0 Å². The fraction of sp³-hybridized carbons (Fsp3) is 0.292. The van der Waals surface area contributed by atoms with Crippen LogP contribution in [0.2, 0.25) is 0 Å². The van der Waals surface area contributed by atoms with E-state index in [1.807, 2.05) is 0 Å². The number of hydrogen-bond donors (Lipinski definition) is 0. The lowest BCUT2D eigenvalue weighted by molar-refractivity contribution is -0.562. The Balaban J connectivity index is 2.08. The molecule has 1 heterocycles. The van der Waals surface area contributed by atoms with E-state index in [2.05, 4.69) is 93.9 Å². The minimum Gasteiger partial charge on any atom is -0.437 e. The molecule has 0 saturated carbocycles. The molecular formula is C24H26NO+. The van der Waals surface area contributed by atoms with Gasteiger partial charge in [0.25, 0.3) is 0 Å². The zero-order valence-corrected chi connectivity index (χ0v) is 16.3. The number of hydrogen-bond acceptors (Lipinski definition) is 1. The summed E-state index contributed by atoms with van der Waals surface area (Å²) in [6.45, 7) is 9.47. The molecule has 0 bridgehead atoms. The summed E-state index contributed by atoms with van der Waals surface area (Å²) in [6.07, 6.45) is 0. The van der Waals surface area contributed by atoms with Gasteiger partial charge in [-0.3, -0.25) is 0 Å².